The van der Waals surface area contributed by atoms with Crippen molar-refractivity contribution in [1.82, 2.24) is 15.5 Å². The summed E-state index contributed by atoms with van der Waals surface area (Å²) in [6.07, 6.45) is 1.70. The second-order valence-electron chi connectivity index (χ2n) is 4.84. The smallest absolute Gasteiger partial charge is 0.264 e. The van der Waals surface area contributed by atoms with Crippen molar-refractivity contribution in [2.75, 3.05) is 7.05 Å². The fraction of sp³-hybridized carbons (Fsp3) is 0.467. The van der Waals surface area contributed by atoms with Crippen molar-refractivity contribution >= 4 is 0 Å². The highest BCUT2D eigenvalue weighted by Gasteiger charge is 2.11. The van der Waals surface area contributed by atoms with Gasteiger partial charge in [0.2, 0.25) is 0 Å². The quantitative estimate of drug-likeness (QED) is 0.850. The van der Waals surface area contributed by atoms with Crippen LogP contribution in [0.3, 0.4) is 0 Å². The fourth-order valence-corrected chi connectivity index (χ4v) is 1.88. The topological polar surface area (TPSA) is 60.2 Å². The Bertz CT molecular complexity index is 586. The molecule has 114 valence electrons. The maximum Gasteiger partial charge on any atom is 0.264 e. The lowest BCUT2D eigenvalue weighted by atomic mass is 10.1. The summed E-state index contributed by atoms with van der Waals surface area (Å²) in [7, 11) is 1.83. The summed E-state index contributed by atoms with van der Waals surface area (Å²) >= 11 is 0. The third kappa shape index (κ3) is 4.01. The van der Waals surface area contributed by atoms with Crippen molar-refractivity contribution in [3.8, 4) is 5.75 Å². The Morgan fingerprint density at radius 1 is 1.43 bits per heavy atom. The molecule has 6 heteroatoms. The highest BCUT2D eigenvalue weighted by Crippen LogP contribution is 2.22. The molecule has 1 atom stereocenters. The van der Waals surface area contributed by atoms with Crippen LogP contribution in [0.25, 0.3) is 0 Å². The fourth-order valence-electron chi connectivity index (χ4n) is 1.88. The van der Waals surface area contributed by atoms with Crippen molar-refractivity contribution in [2.24, 2.45) is 0 Å². The number of ether oxygens (including phenoxy) is 1. The second-order valence-corrected chi connectivity index (χ2v) is 4.84. The third-order valence-electron chi connectivity index (χ3n) is 3.22. The molecule has 1 aromatic heterocycles. The van der Waals surface area contributed by atoms with E-state index in [1.807, 2.05) is 27.0 Å². The van der Waals surface area contributed by atoms with E-state index in [2.05, 4.69) is 15.5 Å². The SMILES string of the molecule is CCCc1noc(COc2ccc(C(C)NC)cc2F)n1. The Kier molecular flexibility index (Phi) is 5.27. The van der Waals surface area contributed by atoms with Crippen LogP contribution in [0.4, 0.5) is 4.39 Å². The molecular weight excluding hydrogens is 273 g/mol. The molecular formula is C15H20FN3O2. The Morgan fingerprint density at radius 3 is 2.90 bits per heavy atom. The van der Waals surface area contributed by atoms with E-state index in [0.29, 0.717) is 11.7 Å². The molecule has 0 fully saturated rings. The zero-order chi connectivity index (χ0) is 15.2. The number of nitrogens with one attached hydrogen (secondary N) is 1. The first kappa shape index (κ1) is 15.4. The van der Waals surface area contributed by atoms with Crippen LogP contribution in [0, 0.1) is 5.82 Å². The molecule has 1 unspecified atom stereocenters. The van der Waals surface area contributed by atoms with Gasteiger partial charge in [-0.25, -0.2) is 4.39 Å². The molecule has 0 aliphatic rings. The molecule has 21 heavy (non-hydrogen) atoms. The lowest BCUT2D eigenvalue weighted by molar-refractivity contribution is 0.234. The normalized spacial score (nSPS) is 12.4. The van der Waals surface area contributed by atoms with Crippen LogP contribution in [0.2, 0.25) is 0 Å². The van der Waals surface area contributed by atoms with Gasteiger partial charge in [-0.2, -0.15) is 4.98 Å². The summed E-state index contributed by atoms with van der Waals surface area (Å²) in [5.41, 5.74) is 0.866. The predicted molar refractivity (Wildman–Crippen MR) is 76.5 cm³/mol. The van der Waals surface area contributed by atoms with Gasteiger partial charge in [0.05, 0.1) is 0 Å². The van der Waals surface area contributed by atoms with Crippen LogP contribution in [0.1, 0.15) is 43.6 Å². The maximum absolute atomic E-state index is 14.0. The van der Waals surface area contributed by atoms with E-state index in [1.165, 1.54) is 6.07 Å². The molecule has 1 heterocycles. The van der Waals surface area contributed by atoms with E-state index in [1.54, 1.807) is 6.07 Å². The molecule has 1 aromatic carbocycles. The van der Waals surface area contributed by atoms with Gasteiger partial charge in [0, 0.05) is 12.5 Å². The van der Waals surface area contributed by atoms with E-state index in [0.717, 1.165) is 18.4 Å². The highest BCUT2D eigenvalue weighted by atomic mass is 19.1. The average molecular weight is 293 g/mol. The first-order valence-corrected chi connectivity index (χ1v) is 7.05. The second kappa shape index (κ2) is 7.17. The molecule has 0 aliphatic heterocycles. The molecule has 0 bridgehead atoms. The Hall–Kier alpha value is -1.95. The van der Waals surface area contributed by atoms with Crippen LogP contribution >= 0.6 is 0 Å². The lowest BCUT2D eigenvalue weighted by Gasteiger charge is -2.12. The van der Waals surface area contributed by atoms with Gasteiger partial charge >= 0.3 is 0 Å². The van der Waals surface area contributed by atoms with Gasteiger partial charge in [0.1, 0.15) is 0 Å². The molecule has 2 rings (SSSR count). The summed E-state index contributed by atoms with van der Waals surface area (Å²) in [5.74, 6) is 0.778. The summed E-state index contributed by atoms with van der Waals surface area (Å²) in [4.78, 5) is 4.17. The molecule has 5 nitrogen and oxygen atoms in total. The van der Waals surface area contributed by atoms with Crippen molar-refractivity contribution < 1.29 is 13.7 Å². The van der Waals surface area contributed by atoms with Crippen LogP contribution in [-0.4, -0.2) is 17.2 Å². The van der Waals surface area contributed by atoms with Crippen molar-refractivity contribution in [1.29, 1.82) is 0 Å². The average Bonchev–Trinajstić information content (AvgIpc) is 2.93. The predicted octanol–water partition coefficient (Wildman–Crippen LogP) is 3.02. The Morgan fingerprint density at radius 2 is 2.24 bits per heavy atom. The van der Waals surface area contributed by atoms with Crippen molar-refractivity contribution in [3.63, 3.8) is 0 Å². The molecule has 0 saturated carbocycles. The number of benzene rings is 1. The zero-order valence-corrected chi connectivity index (χ0v) is 12.5. The Labute approximate surface area is 123 Å². The summed E-state index contributed by atoms with van der Waals surface area (Å²) in [5, 5.41) is 6.88. The van der Waals surface area contributed by atoms with Crippen LogP contribution in [0.5, 0.6) is 5.75 Å². The molecule has 0 spiro atoms. The van der Waals surface area contributed by atoms with Crippen LogP contribution in [0.15, 0.2) is 22.7 Å². The van der Waals surface area contributed by atoms with Crippen LogP contribution in [-0.2, 0) is 13.0 Å². The van der Waals surface area contributed by atoms with Gasteiger partial charge in [-0.3, -0.25) is 0 Å². The standard InChI is InChI=1S/C15H20FN3O2/c1-4-5-14-18-15(21-19-14)9-20-13-7-6-11(8-12(13)16)10(2)17-3/h6-8,10,17H,4-5,9H2,1-3H3. The lowest BCUT2D eigenvalue weighted by Crippen LogP contribution is -2.12. The van der Waals surface area contributed by atoms with Gasteiger partial charge in [-0.05, 0) is 38.1 Å². The van der Waals surface area contributed by atoms with Gasteiger partial charge in [0.25, 0.3) is 5.89 Å². The number of aromatic nitrogens is 2. The molecule has 1 N–H and O–H groups in total. The number of nitrogens with zero attached hydrogens (tertiary/aromatic N) is 2. The van der Waals surface area contributed by atoms with E-state index in [4.69, 9.17) is 9.26 Å². The van der Waals surface area contributed by atoms with E-state index < -0.39 is 5.82 Å². The van der Waals surface area contributed by atoms with Gasteiger partial charge in [0.15, 0.2) is 24.0 Å². The minimum Gasteiger partial charge on any atom is -0.481 e. The summed E-state index contributed by atoms with van der Waals surface area (Å²) in [6.45, 7) is 4.06. The number of hydrogen-bond donors (Lipinski definition) is 1. The molecule has 0 saturated heterocycles. The number of halogens is 1. The van der Waals surface area contributed by atoms with E-state index in [-0.39, 0.29) is 18.4 Å². The number of hydrogen-bond acceptors (Lipinski definition) is 5. The summed E-state index contributed by atoms with van der Waals surface area (Å²) < 4.78 is 24.4. The van der Waals surface area contributed by atoms with Crippen molar-refractivity contribution in [2.45, 2.75) is 39.3 Å². The van der Waals surface area contributed by atoms with E-state index >= 15 is 0 Å². The van der Waals surface area contributed by atoms with Gasteiger partial charge in [-0.15, -0.1) is 0 Å². The first-order chi connectivity index (χ1) is 10.1. The van der Waals surface area contributed by atoms with Gasteiger partial charge in [-0.1, -0.05) is 18.1 Å². The zero-order valence-electron chi connectivity index (χ0n) is 12.5. The minimum absolute atomic E-state index is 0.0640. The summed E-state index contributed by atoms with van der Waals surface area (Å²) in [6, 6.07) is 4.99. The molecule has 0 radical (unpaired) electrons. The number of rotatable bonds is 7. The van der Waals surface area contributed by atoms with E-state index in [9.17, 15) is 4.39 Å². The minimum atomic E-state index is -0.400. The van der Waals surface area contributed by atoms with Gasteiger partial charge < -0.3 is 14.6 Å². The third-order valence-corrected chi connectivity index (χ3v) is 3.22. The van der Waals surface area contributed by atoms with Crippen molar-refractivity contribution in [3.05, 3.63) is 41.3 Å². The molecule has 0 amide bonds. The molecule has 0 aliphatic carbocycles. The maximum atomic E-state index is 14.0. The number of aryl methyl sites for hydroxylation is 1. The molecule has 2 aromatic rings. The largest absolute Gasteiger partial charge is 0.481 e. The first-order valence-electron chi connectivity index (χ1n) is 7.05. The van der Waals surface area contributed by atoms with Crippen LogP contribution < -0.4 is 10.1 Å². The highest BCUT2D eigenvalue weighted by molar-refractivity contribution is 5.30. The monoisotopic (exact) mass is 293 g/mol. The Balaban J connectivity index is 1.99.